The van der Waals surface area contributed by atoms with Crippen LogP contribution in [0.5, 0.6) is 0 Å². The van der Waals surface area contributed by atoms with E-state index in [0.29, 0.717) is 0 Å². The van der Waals surface area contributed by atoms with Crippen molar-refractivity contribution >= 4 is 28.8 Å². The minimum absolute atomic E-state index is 0.0443. The van der Waals surface area contributed by atoms with E-state index in [-0.39, 0.29) is 11.5 Å². The van der Waals surface area contributed by atoms with Crippen molar-refractivity contribution in [3.8, 4) is 23.5 Å². The maximum absolute atomic E-state index is 12.6. The number of benzene rings is 3. The molecular weight excluding hydrogens is 490 g/mol. The Kier molecular flexibility index (Phi) is 11.9. The van der Waals surface area contributed by atoms with Crippen molar-refractivity contribution in [2.75, 3.05) is 20.6 Å². The van der Waals surface area contributed by atoms with Crippen LogP contribution in [0.4, 0.5) is 0 Å². The van der Waals surface area contributed by atoms with Crippen molar-refractivity contribution in [2.24, 2.45) is 12.0 Å². The van der Waals surface area contributed by atoms with Crippen molar-refractivity contribution in [2.45, 2.75) is 33.6 Å². The van der Waals surface area contributed by atoms with E-state index in [0.717, 1.165) is 39.2 Å². The third kappa shape index (κ3) is 7.84. The first-order valence-electron chi connectivity index (χ1n) is 12.9. The second-order valence-corrected chi connectivity index (χ2v) is 9.24. The number of pyridine rings is 1. The summed E-state index contributed by atoms with van der Waals surface area (Å²) >= 11 is 6.04. The number of hydrogen-bond acceptors (Lipinski definition) is 2. The lowest BCUT2D eigenvalue weighted by Crippen LogP contribution is -2.16. The number of aliphatic imine (C=N–C) groups is 1. The first kappa shape index (κ1) is 30.4. The van der Waals surface area contributed by atoms with E-state index >= 15 is 0 Å². The topological polar surface area (TPSA) is 37.6 Å². The van der Waals surface area contributed by atoms with Gasteiger partial charge >= 0.3 is 0 Å². The molecule has 0 aliphatic carbocycles. The highest BCUT2D eigenvalue weighted by molar-refractivity contribution is 6.30. The largest absolute Gasteiger partial charge is 0.369 e. The molecular formula is C33H38ClN3O. The Hall–Kier alpha value is -3.81. The molecule has 4 nitrogen and oxygen atoms in total. The first-order valence-corrected chi connectivity index (χ1v) is 13.3. The standard InChI is InChI=1S/C26H20ClNO.C5H12N2.C2H6/c1-4-18-6-5-7-21(14-18)23-16-26(29)28(3)25-13-10-20(15-24(23)25)17(2)19-8-11-22(27)12-9-19;1-4-6-5-7(2)3;1-2/h1,5-17H,2-3H3;5H,4H2,1-3H3;1-2H3. The molecule has 5 heteroatoms. The van der Waals surface area contributed by atoms with E-state index in [1.165, 1.54) is 11.1 Å². The second kappa shape index (κ2) is 14.8. The van der Waals surface area contributed by atoms with Crippen LogP contribution < -0.4 is 5.56 Å². The molecule has 0 aliphatic rings. The maximum atomic E-state index is 12.6. The van der Waals surface area contributed by atoms with Crippen LogP contribution in [0.3, 0.4) is 0 Å². The van der Waals surface area contributed by atoms with Crippen molar-refractivity contribution in [1.82, 2.24) is 9.47 Å². The predicted molar refractivity (Wildman–Crippen MR) is 166 cm³/mol. The maximum Gasteiger partial charge on any atom is 0.251 e. The van der Waals surface area contributed by atoms with Gasteiger partial charge in [-0.05, 0) is 65.6 Å². The van der Waals surface area contributed by atoms with Gasteiger partial charge in [0.15, 0.2) is 0 Å². The molecule has 3 aromatic carbocycles. The van der Waals surface area contributed by atoms with Gasteiger partial charge in [-0.3, -0.25) is 9.79 Å². The molecule has 4 rings (SSSR count). The number of rotatable bonds is 5. The van der Waals surface area contributed by atoms with Gasteiger partial charge in [0.25, 0.3) is 5.56 Å². The highest BCUT2D eigenvalue weighted by Crippen LogP contribution is 2.32. The zero-order valence-electron chi connectivity index (χ0n) is 23.5. The van der Waals surface area contributed by atoms with Gasteiger partial charge in [0, 0.05) is 55.6 Å². The molecule has 1 aromatic heterocycles. The van der Waals surface area contributed by atoms with Crippen LogP contribution in [-0.4, -0.2) is 36.4 Å². The Bertz CT molecular complexity index is 1460. The summed E-state index contributed by atoms with van der Waals surface area (Å²) in [7, 11) is 5.72. The Morgan fingerprint density at radius 2 is 1.68 bits per heavy atom. The zero-order chi connectivity index (χ0) is 28.2. The number of halogens is 1. The van der Waals surface area contributed by atoms with E-state index in [2.05, 4.69) is 42.1 Å². The van der Waals surface area contributed by atoms with Crippen molar-refractivity contribution < 1.29 is 0 Å². The summed E-state index contributed by atoms with van der Waals surface area (Å²) in [5.74, 6) is 2.87. The Balaban J connectivity index is 0.000000491. The number of terminal acetylenes is 1. The molecule has 1 heterocycles. The van der Waals surface area contributed by atoms with Crippen LogP contribution in [0.25, 0.3) is 22.0 Å². The highest BCUT2D eigenvalue weighted by atomic mass is 35.5. The fourth-order valence-corrected chi connectivity index (χ4v) is 4.08. The molecule has 1 atom stereocenters. The minimum Gasteiger partial charge on any atom is -0.369 e. The molecule has 0 saturated heterocycles. The van der Waals surface area contributed by atoms with Crippen molar-refractivity contribution in [3.63, 3.8) is 0 Å². The molecule has 0 fully saturated rings. The van der Waals surface area contributed by atoms with Gasteiger partial charge in [-0.1, -0.05) is 68.6 Å². The molecule has 0 amide bonds. The number of hydrogen-bond donors (Lipinski definition) is 0. The quantitative estimate of drug-likeness (QED) is 0.152. The van der Waals surface area contributed by atoms with Gasteiger partial charge in [0.2, 0.25) is 0 Å². The molecule has 198 valence electrons. The smallest absolute Gasteiger partial charge is 0.251 e. The summed E-state index contributed by atoms with van der Waals surface area (Å²) in [5.41, 5.74) is 5.84. The number of aromatic nitrogens is 1. The Morgan fingerprint density at radius 3 is 2.26 bits per heavy atom. The highest BCUT2D eigenvalue weighted by Gasteiger charge is 2.14. The lowest BCUT2D eigenvalue weighted by Gasteiger charge is -2.16. The lowest BCUT2D eigenvalue weighted by atomic mass is 9.90. The molecule has 0 aliphatic heterocycles. The van der Waals surface area contributed by atoms with Crippen LogP contribution in [-0.2, 0) is 7.05 Å². The van der Waals surface area contributed by atoms with Crippen LogP contribution in [0, 0.1) is 12.3 Å². The Morgan fingerprint density at radius 1 is 1.03 bits per heavy atom. The molecule has 0 saturated carbocycles. The third-order valence-corrected chi connectivity index (χ3v) is 6.23. The summed E-state index contributed by atoms with van der Waals surface area (Å²) in [6.07, 6.45) is 7.38. The molecule has 0 spiro atoms. The Labute approximate surface area is 232 Å². The summed E-state index contributed by atoms with van der Waals surface area (Å²) in [4.78, 5) is 18.5. The summed E-state index contributed by atoms with van der Waals surface area (Å²) in [6.45, 7) is 9.06. The summed E-state index contributed by atoms with van der Waals surface area (Å²) in [5, 5.41) is 1.75. The molecule has 4 aromatic rings. The van der Waals surface area contributed by atoms with E-state index in [9.17, 15) is 4.79 Å². The third-order valence-electron chi connectivity index (χ3n) is 5.98. The first-order chi connectivity index (χ1) is 18.2. The predicted octanol–water partition coefficient (Wildman–Crippen LogP) is 7.61. The molecule has 1 unspecified atom stereocenters. The van der Waals surface area contributed by atoms with Gasteiger partial charge < -0.3 is 9.47 Å². The molecule has 0 radical (unpaired) electrons. The van der Waals surface area contributed by atoms with Crippen LogP contribution >= 0.6 is 11.6 Å². The molecule has 38 heavy (non-hydrogen) atoms. The monoisotopic (exact) mass is 527 g/mol. The number of fused-ring (bicyclic) bond motifs is 1. The van der Waals surface area contributed by atoms with Crippen molar-refractivity contribution in [3.05, 3.63) is 105 Å². The number of nitrogens with zero attached hydrogens (tertiary/aromatic N) is 3. The molecule has 0 N–H and O–H groups in total. The lowest BCUT2D eigenvalue weighted by molar-refractivity contribution is 0.640. The van der Waals surface area contributed by atoms with Crippen LogP contribution in [0.15, 0.2) is 82.6 Å². The van der Waals surface area contributed by atoms with Crippen LogP contribution in [0.1, 0.15) is 50.3 Å². The summed E-state index contributed by atoms with van der Waals surface area (Å²) in [6, 6.07) is 23.6. The van der Waals surface area contributed by atoms with Crippen LogP contribution in [0.2, 0.25) is 5.02 Å². The van der Waals surface area contributed by atoms with Gasteiger partial charge in [-0.15, -0.1) is 6.42 Å². The normalized spacial score (nSPS) is 11.1. The SMILES string of the molecule is C#Cc1cccc(-c2cc(=O)n(C)c3ccc(C(C)c4ccc(Cl)cc4)cc23)c1.CC.CCN=CN(C)C. The molecule has 0 bridgehead atoms. The second-order valence-electron chi connectivity index (χ2n) is 8.81. The minimum atomic E-state index is -0.0443. The summed E-state index contributed by atoms with van der Waals surface area (Å²) < 4.78 is 1.68. The van der Waals surface area contributed by atoms with Gasteiger partial charge in [-0.2, -0.15) is 0 Å². The van der Waals surface area contributed by atoms with E-state index in [4.69, 9.17) is 18.0 Å². The van der Waals surface area contributed by atoms with E-state index < -0.39 is 0 Å². The average molecular weight is 528 g/mol. The number of aryl methyl sites for hydroxylation is 1. The average Bonchev–Trinajstić information content (AvgIpc) is 2.95. The van der Waals surface area contributed by atoms with Crippen molar-refractivity contribution in [1.29, 1.82) is 0 Å². The van der Waals surface area contributed by atoms with E-state index in [1.807, 2.05) is 82.2 Å². The zero-order valence-corrected chi connectivity index (χ0v) is 24.3. The fourth-order valence-electron chi connectivity index (χ4n) is 3.95. The van der Waals surface area contributed by atoms with Gasteiger partial charge in [-0.25, -0.2) is 0 Å². The van der Waals surface area contributed by atoms with Gasteiger partial charge in [0.1, 0.15) is 0 Å². The van der Waals surface area contributed by atoms with Gasteiger partial charge in [0.05, 0.1) is 11.9 Å². The van der Waals surface area contributed by atoms with E-state index in [1.54, 1.807) is 24.0 Å². The fraction of sp³-hybridized carbons (Fsp3) is 0.273.